The summed E-state index contributed by atoms with van der Waals surface area (Å²) in [4.78, 5) is 37.3. The van der Waals surface area contributed by atoms with Crippen LogP contribution < -0.4 is 0 Å². The molecule has 4 rings (SSSR count). The van der Waals surface area contributed by atoms with Gasteiger partial charge >= 0.3 is 5.97 Å². The summed E-state index contributed by atoms with van der Waals surface area (Å²) in [6.45, 7) is 1.54. The largest absolute Gasteiger partial charge is 0.478 e. The van der Waals surface area contributed by atoms with Crippen molar-refractivity contribution in [1.82, 2.24) is 0 Å². The molecule has 1 aliphatic carbocycles. The van der Waals surface area contributed by atoms with Crippen molar-refractivity contribution in [2.45, 2.75) is 18.8 Å². The predicted molar refractivity (Wildman–Crippen MR) is 114 cm³/mol. The number of benzene rings is 3. The Morgan fingerprint density at radius 3 is 1.67 bits per heavy atom. The maximum atomic E-state index is 13.4. The van der Waals surface area contributed by atoms with Gasteiger partial charge < -0.3 is 5.11 Å². The second-order valence-corrected chi connectivity index (χ2v) is 7.78. The van der Waals surface area contributed by atoms with Gasteiger partial charge in [0.25, 0.3) is 0 Å². The van der Waals surface area contributed by atoms with Crippen LogP contribution >= 0.6 is 0 Å². The molecular formula is C26H22O4. The molecule has 0 aliphatic heterocycles. The van der Waals surface area contributed by atoms with Crippen molar-refractivity contribution < 1.29 is 19.5 Å². The van der Waals surface area contributed by atoms with Crippen LogP contribution in [0.2, 0.25) is 0 Å². The van der Waals surface area contributed by atoms with Crippen LogP contribution in [-0.4, -0.2) is 22.6 Å². The first kappa shape index (κ1) is 19.8. The molecule has 0 heterocycles. The molecule has 1 N–H and O–H groups in total. The highest BCUT2D eigenvalue weighted by atomic mass is 16.4. The summed E-state index contributed by atoms with van der Waals surface area (Å²) < 4.78 is 0. The molecule has 0 saturated heterocycles. The molecule has 1 fully saturated rings. The lowest BCUT2D eigenvalue weighted by atomic mass is 9.50. The minimum absolute atomic E-state index is 0.0243. The minimum Gasteiger partial charge on any atom is -0.478 e. The molecule has 0 bridgehead atoms. The van der Waals surface area contributed by atoms with E-state index in [0.29, 0.717) is 5.56 Å². The lowest BCUT2D eigenvalue weighted by molar-refractivity contribution is -0.127. The Morgan fingerprint density at radius 1 is 0.633 bits per heavy atom. The molecule has 0 spiro atoms. The monoisotopic (exact) mass is 398 g/mol. The Labute approximate surface area is 175 Å². The fourth-order valence-electron chi connectivity index (χ4n) is 4.73. The van der Waals surface area contributed by atoms with Crippen molar-refractivity contribution in [1.29, 1.82) is 0 Å². The normalized spacial score (nSPS) is 22.7. The zero-order chi connectivity index (χ0) is 21.3. The third-order valence-corrected chi connectivity index (χ3v) is 6.11. The van der Waals surface area contributed by atoms with Crippen LogP contribution in [0.3, 0.4) is 0 Å². The van der Waals surface area contributed by atoms with E-state index in [1.54, 1.807) is 36.4 Å². The second-order valence-electron chi connectivity index (χ2n) is 7.78. The molecule has 4 heteroatoms. The van der Waals surface area contributed by atoms with Crippen molar-refractivity contribution in [3.8, 4) is 0 Å². The summed E-state index contributed by atoms with van der Waals surface area (Å²) in [5.74, 6) is -2.26. The summed E-state index contributed by atoms with van der Waals surface area (Å²) in [6.07, 6.45) is 0. The van der Waals surface area contributed by atoms with E-state index in [9.17, 15) is 19.5 Å². The lowest BCUT2D eigenvalue weighted by Gasteiger charge is -2.51. The summed E-state index contributed by atoms with van der Waals surface area (Å²) in [6, 6.07) is 25.5. The van der Waals surface area contributed by atoms with Crippen molar-refractivity contribution in [2.75, 3.05) is 0 Å². The Morgan fingerprint density at radius 2 is 1.13 bits per heavy atom. The smallest absolute Gasteiger partial charge is 0.335 e. The van der Waals surface area contributed by atoms with Crippen LogP contribution in [0.25, 0.3) is 0 Å². The number of ketones is 2. The van der Waals surface area contributed by atoms with E-state index in [2.05, 4.69) is 0 Å². The quantitative estimate of drug-likeness (QED) is 0.595. The Hall–Kier alpha value is -3.53. The SMILES string of the molecule is CC(=O)[C@H]1[C@H](C(=O)c2ccccc2)[C@@H](c2ccccc2)[C@@H]1c1ccc(C(=O)O)cc1. The fraction of sp³-hybridized carbons (Fsp3) is 0.192. The highest BCUT2D eigenvalue weighted by Gasteiger charge is 2.56. The van der Waals surface area contributed by atoms with Gasteiger partial charge in [-0.1, -0.05) is 72.8 Å². The average molecular weight is 398 g/mol. The molecule has 0 aromatic heterocycles. The van der Waals surface area contributed by atoms with Crippen LogP contribution in [0.15, 0.2) is 84.9 Å². The van der Waals surface area contributed by atoms with Crippen molar-refractivity contribution in [3.05, 3.63) is 107 Å². The Bertz CT molecular complexity index is 1070. The van der Waals surface area contributed by atoms with Gasteiger partial charge in [-0.15, -0.1) is 0 Å². The summed E-state index contributed by atoms with van der Waals surface area (Å²) >= 11 is 0. The number of carbonyl (C=O) groups excluding carboxylic acids is 2. The minimum atomic E-state index is -0.991. The van der Waals surface area contributed by atoms with Crippen LogP contribution in [0.4, 0.5) is 0 Å². The molecule has 0 unspecified atom stereocenters. The standard InChI is InChI=1S/C26H22O4/c1-16(27)21-22(18-12-14-20(15-13-18)26(29)30)23(17-8-4-2-5-9-17)24(21)25(28)19-10-6-3-7-11-19/h2-15,21-24H,1H3,(H,29,30)/t21-,22-,23+,24+/m1/s1. The molecule has 150 valence electrons. The Kier molecular flexibility index (Phi) is 5.32. The van der Waals surface area contributed by atoms with E-state index in [4.69, 9.17) is 0 Å². The average Bonchev–Trinajstić information content (AvgIpc) is 2.74. The number of rotatable bonds is 6. The van der Waals surface area contributed by atoms with Crippen molar-refractivity contribution in [3.63, 3.8) is 0 Å². The van der Waals surface area contributed by atoms with E-state index in [0.717, 1.165) is 11.1 Å². The summed E-state index contributed by atoms with van der Waals surface area (Å²) in [7, 11) is 0. The van der Waals surface area contributed by atoms with Gasteiger partial charge in [0.1, 0.15) is 5.78 Å². The van der Waals surface area contributed by atoms with Gasteiger partial charge in [-0.25, -0.2) is 4.79 Å². The molecule has 1 saturated carbocycles. The van der Waals surface area contributed by atoms with E-state index in [1.807, 2.05) is 48.5 Å². The molecule has 4 atom stereocenters. The van der Waals surface area contributed by atoms with E-state index in [-0.39, 0.29) is 29.0 Å². The molecule has 1 aliphatic rings. The van der Waals surface area contributed by atoms with E-state index >= 15 is 0 Å². The van der Waals surface area contributed by atoms with Gasteiger partial charge in [-0.2, -0.15) is 0 Å². The van der Waals surface area contributed by atoms with Gasteiger partial charge in [-0.3, -0.25) is 9.59 Å². The molecule has 0 amide bonds. The van der Waals surface area contributed by atoms with E-state index < -0.39 is 17.8 Å². The first-order chi connectivity index (χ1) is 14.5. The number of hydrogen-bond acceptors (Lipinski definition) is 3. The Balaban J connectivity index is 1.79. The molecular weight excluding hydrogens is 376 g/mol. The van der Waals surface area contributed by atoms with Gasteiger partial charge in [0.15, 0.2) is 5.78 Å². The molecule has 3 aromatic rings. The summed E-state index contributed by atoms with van der Waals surface area (Å²) in [5, 5.41) is 9.20. The van der Waals surface area contributed by atoms with Crippen LogP contribution in [-0.2, 0) is 4.79 Å². The predicted octanol–water partition coefficient (Wildman–Crippen LogP) is 4.97. The third-order valence-electron chi connectivity index (χ3n) is 6.11. The van der Waals surface area contributed by atoms with Crippen LogP contribution in [0.5, 0.6) is 0 Å². The maximum absolute atomic E-state index is 13.4. The lowest BCUT2D eigenvalue weighted by Crippen LogP contribution is -2.50. The first-order valence-corrected chi connectivity index (χ1v) is 9.97. The number of Topliss-reactive ketones (excluding diaryl/α,β-unsaturated/α-hetero) is 2. The molecule has 30 heavy (non-hydrogen) atoms. The zero-order valence-electron chi connectivity index (χ0n) is 16.6. The number of carbonyl (C=O) groups is 3. The highest BCUT2D eigenvalue weighted by molar-refractivity contribution is 6.03. The van der Waals surface area contributed by atoms with Gasteiger partial charge in [-0.05, 0) is 30.2 Å². The van der Waals surface area contributed by atoms with Crippen molar-refractivity contribution in [2.24, 2.45) is 11.8 Å². The summed E-state index contributed by atoms with van der Waals surface area (Å²) in [5.41, 5.74) is 2.70. The molecule has 3 aromatic carbocycles. The van der Waals surface area contributed by atoms with Crippen LogP contribution in [0, 0.1) is 11.8 Å². The zero-order valence-corrected chi connectivity index (χ0v) is 16.6. The first-order valence-electron chi connectivity index (χ1n) is 9.97. The topological polar surface area (TPSA) is 71.4 Å². The second kappa shape index (κ2) is 8.07. The molecule has 0 radical (unpaired) electrons. The van der Waals surface area contributed by atoms with Crippen LogP contribution in [0.1, 0.15) is 50.6 Å². The van der Waals surface area contributed by atoms with Gasteiger partial charge in [0, 0.05) is 29.2 Å². The maximum Gasteiger partial charge on any atom is 0.335 e. The number of carboxylic acid groups (broad SMARTS) is 1. The van der Waals surface area contributed by atoms with Gasteiger partial charge in [0.2, 0.25) is 0 Å². The fourth-order valence-corrected chi connectivity index (χ4v) is 4.73. The number of aromatic carboxylic acids is 1. The number of hydrogen-bond donors (Lipinski definition) is 1. The third kappa shape index (κ3) is 3.45. The number of carboxylic acids is 1. The van der Waals surface area contributed by atoms with E-state index in [1.165, 1.54) is 6.92 Å². The molecule has 4 nitrogen and oxygen atoms in total. The highest BCUT2D eigenvalue weighted by Crippen LogP contribution is 2.59. The van der Waals surface area contributed by atoms with Crippen molar-refractivity contribution >= 4 is 17.5 Å². The van der Waals surface area contributed by atoms with Gasteiger partial charge in [0.05, 0.1) is 5.56 Å².